The van der Waals surface area contributed by atoms with Crippen LogP contribution in [0.3, 0.4) is 0 Å². The number of benzene rings is 1. The van der Waals surface area contributed by atoms with Gasteiger partial charge in [0.15, 0.2) is 0 Å². The van der Waals surface area contributed by atoms with E-state index < -0.39 is 0 Å². The molecule has 3 heterocycles. The molecular formula is C16H18N6O. The first-order chi connectivity index (χ1) is 11.3. The summed E-state index contributed by atoms with van der Waals surface area (Å²) in [5, 5.41) is 8.71. The maximum atomic E-state index is 12.6. The normalized spacial score (nSPS) is 18.4. The van der Waals surface area contributed by atoms with Crippen LogP contribution in [0.2, 0.25) is 0 Å². The largest absolute Gasteiger partial charge is 0.348 e. The highest BCUT2D eigenvalue weighted by Gasteiger charge is 2.26. The number of nitrogens with zero attached hydrogens (tertiary/aromatic N) is 5. The Morgan fingerprint density at radius 2 is 2.04 bits per heavy atom. The van der Waals surface area contributed by atoms with E-state index in [1.165, 1.54) is 4.80 Å². The van der Waals surface area contributed by atoms with E-state index in [0.717, 1.165) is 36.2 Å². The number of nitrogens with one attached hydrogen (secondary N) is 1. The van der Waals surface area contributed by atoms with Crippen LogP contribution in [-0.2, 0) is 11.3 Å². The third kappa shape index (κ3) is 2.81. The average Bonchev–Trinajstić information content (AvgIpc) is 3.24. The Labute approximate surface area is 133 Å². The molecule has 0 saturated carbocycles. The Hall–Kier alpha value is -2.70. The van der Waals surface area contributed by atoms with Gasteiger partial charge in [0.05, 0.1) is 0 Å². The predicted molar refractivity (Wildman–Crippen MR) is 84.7 cm³/mol. The van der Waals surface area contributed by atoms with Crippen LogP contribution in [0.15, 0.2) is 36.7 Å². The van der Waals surface area contributed by atoms with Crippen LogP contribution in [0.1, 0.15) is 24.6 Å². The van der Waals surface area contributed by atoms with Crippen LogP contribution in [-0.4, -0.2) is 48.9 Å². The summed E-state index contributed by atoms with van der Waals surface area (Å²) in [4.78, 5) is 23.4. The Bertz CT molecular complexity index is 776. The fraction of sp³-hybridized carbons (Fsp3) is 0.375. The summed E-state index contributed by atoms with van der Waals surface area (Å²) < 4.78 is 0. The molecule has 118 valence electrons. The first-order valence-corrected chi connectivity index (χ1v) is 7.86. The summed E-state index contributed by atoms with van der Waals surface area (Å²) in [5.74, 6) is 1.30. The Kier molecular flexibility index (Phi) is 3.53. The van der Waals surface area contributed by atoms with Gasteiger partial charge in [0.2, 0.25) is 5.91 Å². The zero-order valence-electron chi connectivity index (χ0n) is 12.7. The third-order valence-electron chi connectivity index (χ3n) is 4.28. The quantitative estimate of drug-likeness (QED) is 0.796. The molecule has 4 rings (SSSR count). The van der Waals surface area contributed by atoms with Crippen molar-refractivity contribution >= 4 is 16.9 Å². The van der Waals surface area contributed by atoms with Gasteiger partial charge in [-0.1, -0.05) is 12.1 Å². The molecule has 3 aromatic rings. The number of hydrogen-bond donors (Lipinski definition) is 1. The van der Waals surface area contributed by atoms with Gasteiger partial charge in [-0.25, -0.2) is 4.98 Å². The van der Waals surface area contributed by atoms with E-state index in [4.69, 9.17) is 0 Å². The highest BCUT2D eigenvalue weighted by atomic mass is 16.2. The van der Waals surface area contributed by atoms with Gasteiger partial charge in [-0.05, 0) is 25.0 Å². The molecule has 1 saturated heterocycles. The number of likely N-dealkylation sites (tertiary alicyclic amines) is 1. The van der Waals surface area contributed by atoms with Crippen molar-refractivity contribution in [3.05, 3.63) is 42.5 Å². The van der Waals surface area contributed by atoms with Crippen LogP contribution in [0.5, 0.6) is 0 Å². The predicted octanol–water partition coefficient (Wildman–Crippen LogP) is 1.56. The molecule has 1 aliphatic rings. The van der Waals surface area contributed by atoms with Crippen molar-refractivity contribution in [1.29, 1.82) is 0 Å². The lowest BCUT2D eigenvalue weighted by atomic mass is 9.97. The number of rotatable bonds is 3. The number of hydrogen-bond acceptors (Lipinski definition) is 4. The summed E-state index contributed by atoms with van der Waals surface area (Å²) in [6.45, 7) is 1.67. The van der Waals surface area contributed by atoms with E-state index in [-0.39, 0.29) is 18.4 Å². The van der Waals surface area contributed by atoms with E-state index in [0.29, 0.717) is 6.54 Å². The molecule has 0 unspecified atom stereocenters. The molecule has 1 aliphatic heterocycles. The second-order valence-corrected chi connectivity index (χ2v) is 5.87. The monoisotopic (exact) mass is 310 g/mol. The maximum absolute atomic E-state index is 12.6. The highest BCUT2D eigenvalue weighted by Crippen LogP contribution is 2.24. The topological polar surface area (TPSA) is 79.7 Å². The van der Waals surface area contributed by atoms with Crippen molar-refractivity contribution in [2.75, 3.05) is 13.1 Å². The van der Waals surface area contributed by atoms with Gasteiger partial charge in [-0.3, -0.25) is 4.79 Å². The molecule has 1 N–H and O–H groups in total. The Morgan fingerprint density at radius 3 is 2.74 bits per heavy atom. The second-order valence-electron chi connectivity index (χ2n) is 5.87. The molecule has 1 atom stereocenters. The molecule has 0 bridgehead atoms. The number of H-pyrrole nitrogens is 1. The SMILES string of the molecule is O=C(Cn1nc2ccccc2n1)N1CCC[C@@H](c2ncc[nH]2)C1. The van der Waals surface area contributed by atoms with Gasteiger partial charge in [0.1, 0.15) is 23.4 Å². The minimum Gasteiger partial charge on any atom is -0.348 e. The fourth-order valence-corrected chi connectivity index (χ4v) is 3.12. The Balaban J connectivity index is 1.45. The second kappa shape index (κ2) is 5.83. The Morgan fingerprint density at radius 1 is 1.26 bits per heavy atom. The van der Waals surface area contributed by atoms with Crippen molar-refractivity contribution in [3.8, 4) is 0 Å². The number of fused-ring (bicyclic) bond motifs is 1. The van der Waals surface area contributed by atoms with Crippen molar-refractivity contribution in [3.63, 3.8) is 0 Å². The molecule has 0 spiro atoms. The molecule has 0 aliphatic carbocycles. The van der Waals surface area contributed by atoms with Crippen LogP contribution in [0.25, 0.3) is 11.0 Å². The van der Waals surface area contributed by atoms with Crippen LogP contribution >= 0.6 is 0 Å². The van der Waals surface area contributed by atoms with Gasteiger partial charge in [0.25, 0.3) is 0 Å². The molecule has 1 amide bonds. The molecule has 23 heavy (non-hydrogen) atoms. The fourth-order valence-electron chi connectivity index (χ4n) is 3.12. The van der Waals surface area contributed by atoms with E-state index in [9.17, 15) is 4.79 Å². The third-order valence-corrected chi connectivity index (χ3v) is 4.28. The first-order valence-electron chi connectivity index (χ1n) is 7.86. The van der Waals surface area contributed by atoms with Crippen molar-refractivity contribution in [2.45, 2.75) is 25.3 Å². The molecular weight excluding hydrogens is 292 g/mol. The summed E-state index contributed by atoms with van der Waals surface area (Å²) in [6, 6.07) is 7.64. The minimum absolute atomic E-state index is 0.0570. The number of imidazole rings is 1. The summed E-state index contributed by atoms with van der Waals surface area (Å²) in [5.41, 5.74) is 1.62. The zero-order chi connectivity index (χ0) is 15.6. The standard InChI is InChI=1S/C16H18N6O/c23-15(11-22-19-13-5-1-2-6-14(13)20-22)21-9-3-4-12(10-21)16-17-7-8-18-16/h1-2,5-8,12H,3-4,9-11H2,(H,17,18)/t12-/m1/s1. The molecule has 2 aromatic heterocycles. The van der Waals surface area contributed by atoms with Crippen LogP contribution in [0.4, 0.5) is 0 Å². The van der Waals surface area contributed by atoms with E-state index in [2.05, 4.69) is 20.2 Å². The molecule has 1 fully saturated rings. The molecule has 7 heteroatoms. The van der Waals surface area contributed by atoms with Gasteiger partial charge < -0.3 is 9.88 Å². The van der Waals surface area contributed by atoms with Crippen molar-refractivity contribution in [1.82, 2.24) is 29.9 Å². The van der Waals surface area contributed by atoms with Crippen molar-refractivity contribution in [2.24, 2.45) is 0 Å². The van der Waals surface area contributed by atoms with E-state index >= 15 is 0 Å². The van der Waals surface area contributed by atoms with Crippen molar-refractivity contribution < 1.29 is 4.79 Å². The average molecular weight is 310 g/mol. The van der Waals surface area contributed by atoms with Gasteiger partial charge in [-0.15, -0.1) is 0 Å². The maximum Gasteiger partial charge on any atom is 0.246 e. The molecule has 0 radical (unpaired) electrons. The number of aromatic amines is 1. The summed E-state index contributed by atoms with van der Waals surface area (Å²) >= 11 is 0. The lowest BCUT2D eigenvalue weighted by molar-refractivity contribution is -0.133. The number of aromatic nitrogens is 5. The van der Waals surface area contributed by atoms with E-state index in [1.807, 2.05) is 35.4 Å². The highest BCUT2D eigenvalue weighted by molar-refractivity contribution is 5.77. The first kappa shape index (κ1) is 13.9. The van der Waals surface area contributed by atoms with Crippen LogP contribution in [0, 0.1) is 0 Å². The lowest BCUT2D eigenvalue weighted by Crippen LogP contribution is -2.41. The summed E-state index contributed by atoms with van der Waals surface area (Å²) in [7, 11) is 0. The molecule has 7 nitrogen and oxygen atoms in total. The zero-order valence-corrected chi connectivity index (χ0v) is 12.7. The van der Waals surface area contributed by atoms with Gasteiger partial charge in [0, 0.05) is 31.4 Å². The van der Waals surface area contributed by atoms with Crippen LogP contribution < -0.4 is 0 Å². The summed E-state index contributed by atoms with van der Waals surface area (Å²) in [6.07, 6.45) is 5.64. The van der Waals surface area contributed by atoms with Gasteiger partial charge >= 0.3 is 0 Å². The van der Waals surface area contributed by atoms with Gasteiger partial charge in [-0.2, -0.15) is 15.0 Å². The lowest BCUT2D eigenvalue weighted by Gasteiger charge is -2.31. The molecule has 1 aromatic carbocycles. The number of carbonyl (C=O) groups is 1. The number of carbonyl (C=O) groups excluding carboxylic acids is 1. The number of amides is 1. The van der Waals surface area contributed by atoms with E-state index in [1.54, 1.807) is 6.20 Å². The number of piperidine rings is 1. The smallest absolute Gasteiger partial charge is 0.246 e. The minimum atomic E-state index is 0.0570.